The number of aryl methyl sites for hydroxylation is 1. The summed E-state index contributed by atoms with van der Waals surface area (Å²) >= 11 is 0. The second-order valence-corrected chi connectivity index (χ2v) is 21.1. The van der Waals surface area contributed by atoms with Crippen molar-refractivity contribution in [1.82, 2.24) is 31.9 Å². The summed E-state index contributed by atoms with van der Waals surface area (Å²) in [4.78, 5) is 99.7. The van der Waals surface area contributed by atoms with Crippen LogP contribution in [0.25, 0.3) is 0 Å². The van der Waals surface area contributed by atoms with Gasteiger partial charge < -0.3 is 76.6 Å². The van der Waals surface area contributed by atoms with Gasteiger partial charge in [0.05, 0.1) is 17.8 Å². The van der Waals surface area contributed by atoms with E-state index in [1.807, 2.05) is 44.2 Å². The second kappa shape index (κ2) is 27.3. The van der Waals surface area contributed by atoms with Crippen molar-refractivity contribution in [1.29, 1.82) is 0 Å². The van der Waals surface area contributed by atoms with Crippen molar-refractivity contribution in [2.24, 2.45) is 50.1 Å². The van der Waals surface area contributed by atoms with Crippen LogP contribution in [-0.2, 0) is 51.1 Å². The zero-order valence-electron chi connectivity index (χ0n) is 39.9. The fourth-order valence-electron chi connectivity index (χ4n) is 7.20. The summed E-state index contributed by atoms with van der Waals surface area (Å²) in [5.74, 6) is -4.70. The van der Waals surface area contributed by atoms with Gasteiger partial charge in [0.25, 0.3) is 0 Å². The average molecular weight is 1030 g/mol. The number of nitrogens with one attached hydrogen (secondary N) is 6. The molecule has 2 aromatic rings. The zero-order chi connectivity index (χ0) is 52.3. The molecule has 4 unspecified atom stereocenters. The molecule has 8 atom stereocenters. The predicted octanol–water partition coefficient (Wildman–Crippen LogP) is -2.96. The number of epoxide rings is 1. The third kappa shape index (κ3) is 20.1. The van der Waals surface area contributed by atoms with Gasteiger partial charge in [0.15, 0.2) is 11.9 Å². The molecule has 1 aliphatic carbocycles. The molecule has 390 valence electrons. The van der Waals surface area contributed by atoms with Gasteiger partial charge in [-0.2, -0.15) is 0 Å². The maximum atomic E-state index is 14.1. The number of amides is 7. The zero-order valence-corrected chi connectivity index (χ0v) is 41.5. The summed E-state index contributed by atoms with van der Waals surface area (Å²) in [6.45, 7) is 4.22. The highest BCUT2D eigenvalue weighted by Gasteiger charge is 2.62. The second-order valence-electron chi connectivity index (χ2n) is 18.0. The van der Waals surface area contributed by atoms with Crippen LogP contribution in [0.1, 0.15) is 69.9 Å². The van der Waals surface area contributed by atoms with Crippen LogP contribution >= 0.6 is 21.6 Å². The molecule has 0 radical (unpaired) electrons. The van der Waals surface area contributed by atoms with Gasteiger partial charge >= 0.3 is 0 Å². The van der Waals surface area contributed by atoms with E-state index in [-0.39, 0.29) is 75.7 Å². The topological polar surface area (TPSA) is 431 Å². The number of carbonyl (C=O) groups is 7. The standard InChI is InChI=1S/C45H69N15O9S2/c1-44(2,71-70-33-22-45(33,41(68)55-23-34(47)62)60-37(65)28(46)20-26-12-15-27(61)16-13-26)24-56-40-32(69-40)21-31(57-35(63)17-14-25-8-4-3-5-9-25)39(67)59-30(11-7-19-54-43(51)52)38(66)58-29(36(48)64)10-6-18-53-42(49)50/h3-5,8-9,12-13,15-16,28-33,40,56,61H,6-7,10-11,14,17-24,46H2,1-2H3,(H2,47,62)(H2,48,64)(H,55,68)(H,57,63)(H,58,66)(H,59,67)(H,60,65)(H4,49,50,53)(H4,51,52,54)/t28-,29-,30-,31+,32?,33?,40?,45?/m0/s1. The number of benzene rings is 2. The van der Waals surface area contributed by atoms with Crippen LogP contribution in [-0.4, -0.2) is 137 Å². The first-order valence-corrected chi connectivity index (χ1v) is 25.3. The maximum Gasteiger partial charge on any atom is 0.247 e. The summed E-state index contributed by atoms with van der Waals surface area (Å²) in [5.41, 5.74) is 39.2. The van der Waals surface area contributed by atoms with Crippen molar-refractivity contribution in [2.75, 3.05) is 26.2 Å². The Kier molecular flexibility index (Phi) is 22.0. The molecule has 1 saturated heterocycles. The van der Waals surface area contributed by atoms with Gasteiger partial charge in [0.1, 0.15) is 41.7 Å². The van der Waals surface area contributed by atoms with E-state index in [0.29, 0.717) is 24.9 Å². The molecule has 2 fully saturated rings. The monoisotopic (exact) mass is 1030 g/mol. The molecular formula is C45H69N15O9S2. The van der Waals surface area contributed by atoms with E-state index in [1.54, 1.807) is 12.1 Å². The van der Waals surface area contributed by atoms with E-state index in [1.165, 1.54) is 33.7 Å². The lowest BCUT2D eigenvalue weighted by Gasteiger charge is -2.25. The Hall–Kier alpha value is -6.35. The smallest absolute Gasteiger partial charge is 0.247 e. The van der Waals surface area contributed by atoms with Crippen LogP contribution < -0.4 is 72.0 Å². The average Bonchev–Trinajstić information content (AvgIpc) is 4.24. The number of aliphatic imine (C=N–C) groups is 2. The summed E-state index contributed by atoms with van der Waals surface area (Å²) in [5, 5.41) is 26.1. The van der Waals surface area contributed by atoms with Crippen molar-refractivity contribution in [2.45, 2.75) is 124 Å². The highest BCUT2D eigenvalue weighted by Crippen LogP contribution is 2.53. The van der Waals surface area contributed by atoms with Crippen LogP contribution in [0.5, 0.6) is 5.75 Å². The third-order valence-corrected chi connectivity index (χ3v) is 15.1. The fraction of sp³-hybridized carbons (Fsp3) is 0.533. The largest absolute Gasteiger partial charge is 0.508 e. The van der Waals surface area contributed by atoms with E-state index in [0.717, 1.165) is 5.56 Å². The Morgan fingerprint density at radius 3 is 2.01 bits per heavy atom. The molecule has 1 saturated carbocycles. The number of carbonyl (C=O) groups excluding carboxylic acids is 7. The molecule has 4 rings (SSSR count). The maximum absolute atomic E-state index is 14.1. The number of nitrogens with zero attached hydrogens (tertiary/aromatic N) is 2. The highest BCUT2D eigenvalue weighted by atomic mass is 33.1. The van der Waals surface area contributed by atoms with Crippen LogP contribution in [0.15, 0.2) is 64.6 Å². The molecule has 26 heteroatoms. The molecule has 1 aliphatic heterocycles. The summed E-state index contributed by atoms with van der Waals surface area (Å²) in [7, 11) is 2.85. The number of ether oxygens (including phenoxy) is 1. The van der Waals surface area contributed by atoms with Crippen molar-refractivity contribution in [3.63, 3.8) is 0 Å². The van der Waals surface area contributed by atoms with Gasteiger partial charge in [-0.25, -0.2) is 0 Å². The minimum absolute atomic E-state index is 0.0273. The number of phenols is 1. The fourth-order valence-corrected chi connectivity index (χ4v) is 10.4. The van der Waals surface area contributed by atoms with Crippen molar-refractivity contribution in [3.8, 4) is 5.75 Å². The van der Waals surface area contributed by atoms with E-state index in [4.69, 9.17) is 44.9 Å². The minimum Gasteiger partial charge on any atom is -0.508 e. The molecule has 2 aliphatic rings. The number of hydrogen-bond donors (Lipinski definition) is 14. The third-order valence-electron chi connectivity index (χ3n) is 11.3. The molecule has 7 amide bonds. The molecule has 0 spiro atoms. The first-order valence-electron chi connectivity index (χ1n) is 23.1. The van der Waals surface area contributed by atoms with E-state index in [9.17, 15) is 38.7 Å². The first-order chi connectivity index (χ1) is 33.6. The first kappa shape index (κ1) is 57.2. The van der Waals surface area contributed by atoms with E-state index >= 15 is 0 Å². The summed E-state index contributed by atoms with van der Waals surface area (Å²) in [6, 6.07) is 11.1. The molecule has 2 aromatic carbocycles. The molecule has 71 heavy (non-hydrogen) atoms. The van der Waals surface area contributed by atoms with Gasteiger partial charge in [-0.05, 0) is 82.1 Å². The molecule has 1 heterocycles. The normalized spacial score (nSPS) is 19.6. The van der Waals surface area contributed by atoms with Crippen molar-refractivity contribution < 1.29 is 43.4 Å². The molecular weight excluding hydrogens is 959 g/mol. The molecule has 0 aromatic heterocycles. The Labute approximate surface area is 420 Å². The summed E-state index contributed by atoms with van der Waals surface area (Å²) in [6.07, 6.45) is 0.607. The van der Waals surface area contributed by atoms with Crippen LogP contribution in [0.2, 0.25) is 0 Å². The lowest BCUT2D eigenvalue weighted by atomic mass is 10.0. The number of phenolic OH excluding ortho intramolecular Hbond substituents is 1. The van der Waals surface area contributed by atoms with Gasteiger partial charge in [-0.1, -0.05) is 64.1 Å². The number of hydrogen-bond acceptors (Lipinski definition) is 15. The Bertz CT molecular complexity index is 2220. The number of guanidine groups is 2. The quantitative estimate of drug-likeness (QED) is 0.0114. The predicted molar refractivity (Wildman–Crippen MR) is 271 cm³/mol. The Balaban J connectivity index is 1.40. The van der Waals surface area contributed by atoms with Gasteiger partial charge in [-0.3, -0.25) is 48.9 Å². The number of nitrogens with two attached hydrogens (primary N) is 7. The van der Waals surface area contributed by atoms with Gasteiger partial charge in [-0.15, -0.1) is 0 Å². The van der Waals surface area contributed by atoms with Crippen LogP contribution in [0.3, 0.4) is 0 Å². The van der Waals surface area contributed by atoms with E-state index < -0.39 is 99.9 Å². The minimum atomic E-state index is -1.35. The SMILES string of the molecule is CC(C)(CNC1OC1C[C@@H](NC(=O)CCc1ccccc1)C(=O)N[C@@H](CCCN=C(N)N)C(=O)N[C@@H](CCCN=C(N)N)C(N)=O)SSC1CC1(NC(=O)[C@@H](N)Cc1ccc(O)cc1)C(=O)NCC(N)=O. The number of aromatic hydroxyl groups is 1. The molecule has 21 N–H and O–H groups in total. The number of rotatable bonds is 32. The Morgan fingerprint density at radius 2 is 1.41 bits per heavy atom. The molecule has 24 nitrogen and oxygen atoms in total. The van der Waals surface area contributed by atoms with E-state index in [2.05, 4.69) is 41.9 Å². The summed E-state index contributed by atoms with van der Waals surface area (Å²) < 4.78 is 5.45. The van der Waals surface area contributed by atoms with Crippen LogP contribution in [0, 0.1) is 0 Å². The Morgan fingerprint density at radius 1 is 0.803 bits per heavy atom. The highest BCUT2D eigenvalue weighted by molar-refractivity contribution is 8.77. The lowest BCUT2D eigenvalue weighted by Crippen LogP contribution is -2.56. The van der Waals surface area contributed by atoms with Crippen molar-refractivity contribution >= 4 is 74.9 Å². The number of primary amides is 2. The van der Waals surface area contributed by atoms with Gasteiger partial charge in [0, 0.05) is 37.2 Å². The lowest BCUT2D eigenvalue weighted by molar-refractivity contribution is -0.133. The van der Waals surface area contributed by atoms with Crippen molar-refractivity contribution in [3.05, 3.63) is 65.7 Å². The molecule has 0 bridgehead atoms. The van der Waals surface area contributed by atoms with Crippen LogP contribution in [0.4, 0.5) is 0 Å². The van der Waals surface area contributed by atoms with Gasteiger partial charge in [0.2, 0.25) is 41.4 Å².